The quantitative estimate of drug-likeness (QED) is 0.905. The van der Waals surface area contributed by atoms with E-state index in [4.69, 9.17) is 17.3 Å². The zero-order valence-electron chi connectivity index (χ0n) is 10.1. The smallest absolute Gasteiger partial charge is 0.124 e. The fourth-order valence-electron chi connectivity index (χ4n) is 2.01. The van der Waals surface area contributed by atoms with Gasteiger partial charge < -0.3 is 10.8 Å². The Balaban J connectivity index is 2.34. The van der Waals surface area contributed by atoms with Crippen LogP contribution in [0.3, 0.4) is 0 Å². The number of aromatic nitrogens is 1. The summed E-state index contributed by atoms with van der Waals surface area (Å²) in [6.45, 7) is 0.196. The van der Waals surface area contributed by atoms with Crippen LogP contribution in [-0.2, 0) is 0 Å². The van der Waals surface area contributed by atoms with E-state index in [9.17, 15) is 9.50 Å². The van der Waals surface area contributed by atoms with Crippen LogP contribution in [0.2, 0.25) is 5.02 Å². The van der Waals surface area contributed by atoms with Crippen molar-refractivity contribution < 1.29 is 9.50 Å². The Morgan fingerprint density at radius 1 is 1.37 bits per heavy atom. The molecule has 1 heterocycles. The highest BCUT2D eigenvalue weighted by atomic mass is 35.5. The molecule has 0 bridgehead atoms. The van der Waals surface area contributed by atoms with Gasteiger partial charge in [0.2, 0.25) is 0 Å². The lowest BCUT2D eigenvalue weighted by Crippen LogP contribution is -2.20. The van der Waals surface area contributed by atoms with Gasteiger partial charge in [0.05, 0.1) is 6.10 Å². The Kier molecular flexibility index (Phi) is 4.47. The predicted molar refractivity (Wildman–Crippen MR) is 72.4 cm³/mol. The number of nitrogens with zero attached hydrogens (tertiary/aromatic N) is 1. The average molecular weight is 281 g/mol. The standard InChI is InChI=1S/C14H14ClFN2O/c15-13-6-10(16)3-4-11(13)12(7-17)14(19)9-2-1-5-18-8-9/h1-6,8,12,14,19H,7,17H2. The molecule has 2 aromatic rings. The molecule has 0 amide bonds. The van der Waals surface area contributed by atoms with E-state index in [0.29, 0.717) is 11.1 Å². The van der Waals surface area contributed by atoms with Crippen molar-refractivity contribution >= 4 is 11.6 Å². The second-order valence-electron chi connectivity index (χ2n) is 4.24. The van der Waals surface area contributed by atoms with E-state index in [-0.39, 0.29) is 11.6 Å². The lowest BCUT2D eigenvalue weighted by molar-refractivity contribution is 0.147. The third kappa shape index (κ3) is 3.10. The van der Waals surface area contributed by atoms with Crippen molar-refractivity contribution in [2.45, 2.75) is 12.0 Å². The van der Waals surface area contributed by atoms with Crippen LogP contribution >= 0.6 is 11.6 Å². The molecular formula is C14H14ClFN2O. The molecule has 19 heavy (non-hydrogen) atoms. The van der Waals surface area contributed by atoms with Gasteiger partial charge in [-0.15, -0.1) is 0 Å². The van der Waals surface area contributed by atoms with Crippen LogP contribution in [0.1, 0.15) is 23.1 Å². The third-order valence-corrected chi connectivity index (χ3v) is 3.35. The molecule has 0 saturated carbocycles. The molecule has 100 valence electrons. The summed E-state index contributed by atoms with van der Waals surface area (Å²) in [6.07, 6.45) is 2.37. The number of benzene rings is 1. The van der Waals surface area contributed by atoms with Crippen LogP contribution in [-0.4, -0.2) is 16.6 Å². The fourth-order valence-corrected chi connectivity index (χ4v) is 2.32. The molecule has 2 atom stereocenters. The van der Waals surface area contributed by atoms with E-state index in [2.05, 4.69) is 4.98 Å². The summed E-state index contributed by atoms with van der Waals surface area (Å²) in [7, 11) is 0. The Bertz CT molecular complexity index is 550. The van der Waals surface area contributed by atoms with E-state index < -0.39 is 17.8 Å². The van der Waals surface area contributed by atoms with Crippen molar-refractivity contribution in [3.63, 3.8) is 0 Å². The Labute approximate surface area is 115 Å². The highest BCUT2D eigenvalue weighted by molar-refractivity contribution is 6.31. The molecule has 0 spiro atoms. The number of halogens is 2. The number of hydrogen-bond donors (Lipinski definition) is 2. The first-order valence-electron chi connectivity index (χ1n) is 5.86. The molecule has 0 aliphatic carbocycles. The van der Waals surface area contributed by atoms with Crippen LogP contribution in [0.15, 0.2) is 42.7 Å². The molecule has 5 heteroatoms. The van der Waals surface area contributed by atoms with Gasteiger partial charge in [-0.2, -0.15) is 0 Å². The fraction of sp³-hybridized carbons (Fsp3) is 0.214. The van der Waals surface area contributed by atoms with E-state index in [1.165, 1.54) is 12.1 Å². The van der Waals surface area contributed by atoms with Gasteiger partial charge in [-0.25, -0.2) is 4.39 Å². The van der Waals surface area contributed by atoms with Crippen molar-refractivity contribution in [1.82, 2.24) is 4.98 Å². The number of aliphatic hydroxyl groups excluding tert-OH is 1. The third-order valence-electron chi connectivity index (χ3n) is 3.02. The van der Waals surface area contributed by atoms with Gasteiger partial charge in [-0.1, -0.05) is 23.7 Å². The molecule has 0 fully saturated rings. The van der Waals surface area contributed by atoms with Gasteiger partial charge >= 0.3 is 0 Å². The van der Waals surface area contributed by atoms with Crippen molar-refractivity contribution in [3.8, 4) is 0 Å². The molecule has 0 saturated heterocycles. The first-order valence-corrected chi connectivity index (χ1v) is 6.24. The van der Waals surface area contributed by atoms with Crippen molar-refractivity contribution in [2.24, 2.45) is 5.73 Å². The molecule has 3 N–H and O–H groups in total. The minimum absolute atomic E-state index is 0.196. The topological polar surface area (TPSA) is 59.1 Å². The van der Waals surface area contributed by atoms with E-state index in [0.717, 1.165) is 0 Å². The molecule has 0 aliphatic rings. The van der Waals surface area contributed by atoms with Crippen LogP contribution in [0.4, 0.5) is 4.39 Å². The van der Waals surface area contributed by atoms with Crippen LogP contribution in [0, 0.1) is 5.82 Å². The molecule has 1 aromatic carbocycles. The SMILES string of the molecule is NCC(c1ccc(F)cc1Cl)C(O)c1cccnc1. The van der Waals surface area contributed by atoms with Crippen LogP contribution in [0.5, 0.6) is 0 Å². The summed E-state index contributed by atoms with van der Waals surface area (Å²) in [5, 5.41) is 10.6. The second kappa shape index (κ2) is 6.10. The lowest BCUT2D eigenvalue weighted by atomic mass is 9.90. The van der Waals surface area contributed by atoms with E-state index in [1.807, 2.05) is 0 Å². The van der Waals surface area contributed by atoms with Gasteiger partial charge in [-0.05, 0) is 29.3 Å². The summed E-state index contributed by atoms with van der Waals surface area (Å²) < 4.78 is 13.1. The number of hydrogen-bond acceptors (Lipinski definition) is 3. The van der Waals surface area contributed by atoms with E-state index >= 15 is 0 Å². The Morgan fingerprint density at radius 2 is 2.16 bits per heavy atom. The van der Waals surface area contributed by atoms with Gasteiger partial charge in [0.1, 0.15) is 5.82 Å². The predicted octanol–water partition coefficient (Wildman–Crippen LogP) is 2.65. The maximum atomic E-state index is 13.1. The molecule has 0 aliphatic heterocycles. The number of rotatable bonds is 4. The van der Waals surface area contributed by atoms with Gasteiger partial charge in [-0.3, -0.25) is 4.98 Å². The minimum atomic E-state index is -0.832. The zero-order valence-corrected chi connectivity index (χ0v) is 10.9. The summed E-state index contributed by atoms with van der Waals surface area (Å²) >= 11 is 6.01. The number of aliphatic hydroxyl groups is 1. The Morgan fingerprint density at radius 3 is 2.74 bits per heavy atom. The van der Waals surface area contributed by atoms with Crippen molar-refractivity contribution in [1.29, 1.82) is 0 Å². The molecular weight excluding hydrogens is 267 g/mol. The minimum Gasteiger partial charge on any atom is -0.388 e. The monoisotopic (exact) mass is 280 g/mol. The van der Waals surface area contributed by atoms with Crippen molar-refractivity contribution in [2.75, 3.05) is 6.54 Å². The highest BCUT2D eigenvalue weighted by Crippen LogP contribution is 2.34. The van der Waals surface area contributed by atoms with E-state index in [1.54, 1.807) is 30.6 Å². The summed E-state index contributed by atoms with van der Waals surface area (Å²) in [4.78, 5) is 3.96. The van der Waals surface area contributed by atoms with Gasteiger partial charge in [0.25, 0.3) is 0 Å². The number of nitrogens with two attached hydrogens (primary N) is 1. The molecule has 3 nitrogen and oxygen atoms in total. The number of pyridine rings is 1. The zero-order chi connectivity index (χ0) is 13.8. The summed E-state index contributed by atoms with van der Waals surface area (Å²) in [5.41, 5.74) is 7.00. The Hall–Kier alpha value is -1.49. The van der Waals surface area contributed by atoms with Crippen molar-refractivity contribution in [3.05, 3.63) is 64.7 Å². The molecule has 0 radical (unpaired) electrons. The highest BCUT2D eigenvalue weighted by Gasteiger charge is 2.23. The normalized spacial score (nSPS) is 14.1. The molecule has 2 unspecified atom stereocenters. The van der Waals surface area contributed by atoms with Gasteiger partial charge in [0.15, 0.2) is 0 Å². The maximum absolute atomic E-state index is 13.1. The maximum Gasteiger partial charge on any atom is 0.124 e. The first kappa shape index (κ1) is 13.9. The molecule has 2 rings (SSSR count). The summed E-state index contributed by atoms with van der Waals surface area (Å²) in [6, 6.07) is 7.57. The lowest BCUT2D eigenvalue weighted by Gasteiger charge is -2.23. The largest absolute Gasteiger partial charge is 0.388 e. The van der Waals surface area contributed by atoms with Crippen LogP contribution < -0.4 is 5.73 Å². The second-order valence-corrected chi connectivity index (χ2v) is 4.65. The van der Waals surface area contributed by atoms with Crippen LogP contribution in [0.25, 0.3) is 0 Å². The summed E-state index contributed by atoms with van der Waals surface area (Å²) in [5.74, 6) is -0.822. The van der Waals surface area contributed by atoms with Gasteiger partial charge in [0, 0.05) is 29.9 Å². The molecule has 1 aromatic heterocycles. The first-order chi connectivity index (χ1) is 9.13. The average Bonchev–Trinajstić information content (AvgIpc) is 2.42.